The number of halogens is 3. The lowest BCUT2D eigenvalue weighted by molar-refractivity contribution is -0.135. The van der Waals surface area contributed by atoms with E-state index >= 15 is 0 Å². The quantitative estimate of drug-likeness (QED) is 0.720. The summed E-state index contributed by atoms with van der Waals surface area (Å²) in [4.78, 5) is 0. The summed E-state index contributed by atoms with van der Waals surface area (Å²) in [6.45, 7) is 2.05. The highest BCUT2D eigenvalue weighted by Crippen LogP contribution is 2.23. The number of hydrogen-bond acceptors (Lipinski definition) is 2. The highest BCUT2D eigenvalue weighted by Gasteiger charge is 2.26. The fourth-order valence-electron chi connectivity index (χ4n) is 1.12. The van der Waals surface area contributed by atoms with Gasteiger partial charge in [-0.1, -0.05) is 6.92 Å². The predicted molar refractivity (Wildman–Crippen MR) is 55.8 cm³/mol. The van der Waals surface area contributed by atoms with Gasteiger partial charge in [-0.25, -0.2) is 0 Å². The summed E-state index contributed by atoms with van der Waals surface area (Å²) in [5.41, 5.74) is 0. The Morgan fingerprint density at radius 2 is 2.00 bits per heavy atom. The van der Waals surface area contributed by atoms with E-state index < -0.39 is 12.6 Å². The summed E-state index contributed by atoms with van der Waals surface area (Å²) >= 11 is 1.75. The lowest BCUT2D eigenvalue weighted by Gasteiger charge is -2.15. The first-order valence-electron chi connectivity index (χ1n) is 4.81. The summed E-state index contributed by atoms with van der Waals surface area (Å²) in [6.07, 6.45) is -3.85. The molecule has 1 atom stereocenters. The third-order valence-corrected chi connectivity index (χ3v) is 2.99. The van der Waals surface area contributed by atoms with Crippen molar-refractivity contribution in [3.8, 4) is 0 Å². The Hall–Kier alpha value is 0.1000. The van der Waals surface area contributed by atoms with Crippen LogP contribution in [0.3, 0.4) is 0 Å². The van der Waals surface area contributed by atoms with Crippen molar-refractivity contribution in [2.45, 2.75) is 38.4 Å². The topological polar surface area (TPSA) is 12.0 Å². The summed E-state index contributed by atoms with van der Waals surface area (Å²) in [5.74, 6) is 1.91. The van der Waals surface area contributed by atoms with Crippen LogP contribution in [0.4, 0.5) is 13.2 Å². The lowest BCUT2D eigenvalue weighted by atomic mass is 10.1. The van der Waals surface area contributed by atoms with Crippen LogP contribution in [-0.2, 0) is 0 Å². The molecule has 0 heterocycles. The van der Waals surface area contributed by atoms with E-state index in [1.165, 1.54) is 0 Å². The Labute approximate surface area is 87.8 Å². The van der Waals surface area contributed by atoms with Gasteiger partial charge in [0.2, 0.25) is 0 Å². The van der Waals surface area contributed by atoms with E-state index in [4.69, 9.17) is 0 Å². The van der Waals surface area contributed by atoms with Gasteiger partial charge in [-0.3, -0.25) is 0 Å². The first kappa shape index (κ1) is 14.1. The summed E-state index contributed by atoms with van der Waals surface area (Å²) in [6, 6.07) is 0.210. The lowest BCUT2D eigenvalue weighted by Crippen LogP contribution is -2.28. The van der Waals surface area contributed by atoms with Gasteiger partial charge < -0.3 is 5.32 Å². The van der Waals surface area contributed by atoms with Crippen LogP contribution in [0.15, 0.2) is 0 Å². The molecular formula is C9H18F3NS. The fraction of sp³-hybridized carbons (Fsp3) is 1.00. The van der Waals surface area contributed by atoms with Crippen molar-refractivity contribution in [1.82, 2.24) is 5.32 Å². The molecule has 0 aliphatic rings. The van der Waals surface area contributed by atoms with Crippen molar-refractivity contribution in [3.63, 3.8) is 0 Å². The van der Waals surface area contributed by atoms with E-state index in [1.54, 1.807) is 18.8 Å². The van der Waals surface area contributed by atoms with Crippen LogP contribution >= 0.6 is 11.8 Å². The van der Waals surface area contributed by atoms with Gasteiger partial charge in [0.1, 0.15) is 0 Å². The maximum absolute atomic E-state index is 11.8. The monoisotopic (exact) mass is 229 g/mol. The van der Waals surface area contributed by atoms with Crippen LogP contribution in [0.25, 0.3) is 0 Å². The molecule has 0 amide bonds. The summed E-state index contributed by atoms with van der Waals surface area (Å²) < 4.78 is 35.5. The van der Waals surface area contributed by atoms with E-state index in [-0.39, 0.29) is 12.5 Å². The van der Waals surface area contributed by atoms with Crippen molar-refractivity contribution in [2.24, 2.45) is 0 Å². The van der Waals surface area contributed by atoms with Crippen molar-refractivity contribution in [3.05, 3.63) is 0 Å². The van der Waals surface area contributed by atoms with Gasteiger partial charge in [0, 0.05) is 18.2 Å². The molecule has 0 aromatic rings. The molecule has 0 aliphatic heterocycles. The molecule has 0 aliphatic carbocycles. The van der Waals surface area contributed by atoms with E-state index in [0.29, 0.717) is 6.42 Å². The molecule has 1 nitrogen and oxygen atoms in total. The number of thioether (sulfide) groups is 1. The molecule has 0 bridgehead atoms. The van der Waals surface area contributed by atoms with Gasteiger partial charge in [0.25, 0.3) is 0 Å². The normalized spacial score (nSPS) is 14.4. The molecule has 0 aromatic heterocycles. The van der Waals surface area contributed by atoms with Gasteiger partial charge in [-0.15, -0.1) is 0 Å². The zero-order valence-electron chi connectivity index (χ0n) is 8.66. The Morgan fingerprint density at radius 3 is 2.43 bits per heavy atom. The molecule has 0 spiro atoms. The Bertz CT molecular complexity index is 139. The molecule has 14 heavy (non-hydrogen) atoms. The Balaban J connectivity index is 3.52. The second kappa shape index (κ2) is 7.40. The number of alkyl halides is 3. The standard InChI is InChI=1S/C9H18F3NS/c1-3-14-7-8(13-2)5-4-6-9(10,11)12/h8,13H,3-7H2,1-2H3. The molecular weight excluding hydrogens is 211 g/mol. The average Bonchev–Trinajstić information content (AvgIpc) is 2.09. The van der Waals surface area contributed by atoms with E-state index in [9.17, 15) is 13.2 Å². The van der Waals surface area contributed by atoms with Crippen LogP contribution in [0.2, 0.25) is 0 Å². The van der Waals surface area contributed by atoms with Crippen LogP contribution in [0.5, 0.6) is 0 Å². The third-order valence-electron chi connectivity index (χ3n) is 1.94. The second-order valence-electron chi connectivity index (χ2n) is 3.15. The molecule has 0 saturated carbocycles. The fourth-order valence-corrected chi connectivity index (χ4v) is 1.97. The molecule has 0 fully saturated rings. The van der Waals surface area contributed by atoms with E-state index in [0.717, 1.165) is 11.5 Å². The molecule has 1 N–H and O–H groups in total. The van der Waals surface area contributed by atoms with Gasteiger partial charge in [-0.05, 0) is 25.6 Å². The Kier molecular flexibility index (Phi) is 7.45. The van der Waals surface area contributed by atoms with Gasteiger partial charge in [0.15, 0.2) is 0 Å². The van der Waals surface area contributed by atoms with Gasteiger partial charge in [-0.2, -0.15) is 24.9 Å². The van der Waals surface area contributed by atoms with Crippen molar-refractivity contribution in [2.75, 3.05) is 18.6 Å². The predicted octanol–water partition coefficient (Wildman–Crippen LogP) is 3.06. The molecule has 0 radical (unpaired) electrons. The second-order valence-corrected chi connectivity index (χ2v) is 4.47. The minimum absolute atomic E-state index is 0.210. The zero-order valence-corrected chi connectivity index (χ0v) is 9.47. The highest BCUT2D eigenvalue weighted by atomic mass is 32.2. The first-order chi connectivity index (χ1) is 6.49. The smallest absolute Gasteiger partial charge is 0.316 e. The first-order valence-corrected chi connectivity index (χ1v) is 5.96. The molecule has 0 saturated heterocycles. The van der Waals surface area contributed by atoms with Gasteiger partial charge >= 0.3 is 6.18 Å². The molecule has 5 heteroatoms. The molecule has 0 aromatic carbocycles. The van der Waals surface area contributed by atoms with E-state index in [2.05, 4.69) is 5.32 Å². The number of rotatable bonds is 7. The van der Waals surface area contributed by atoms with Gasteiger partial charge in [0.05, 0.1) is 0 Å². The maximum atomic E-state index is 11.8. The molecule has 86 valence electrons. The van der Waals surface area contributed by atoms with Crippen LogP contribution in [0.1, 0.15) is 26.2 Å². The SMILES string of the molecule is CCSCC(CCCC(F)(F)F)NC. The van der Waals surface area contributed by atoms with Crippen molar-refractivity contribution < 1.29 is 13.2 Å². The summed E-state index contributed by atoms with van der Waals surface area (Å²) in [5, 5.41) is 3.03. The van der Waals surface area contributed by atoms with Crippen molar-refractivity contribution in [1.29, 1.82) is 0 Å². The number of hydrogen-bond donors (Lipinski definition) is 1. The van der Waals surface area contributed by atoms with Crippen molar-refractivity contribution >= 4 is 11.8 Å². The minimum Gasteiger partial charge on any atom is -0.316 e. The minimum atomic E-state index is -4.00. The van der Waals surface area contributed by atoms with Crippen LogP contribution in [0, 0.1) is 0 Å². The Morgan fingerprint density at radius 1 is 1.36 bits per heavy atom. The summed E-state index contributed by atoms with van der Waals surface area (Å²) in [7, 11) is 1.80. The molecule has 0 rings (SSSR count). The van der Waals surface area contributed by atoms with Crippen LogP contribution < -0.4 is 5.32 Å². The largest absolute Gasteiger partial charge is 0.389 e. The van der Waals surface area contributed by atoms with Crippen LogP contribution in [-0.4, -0.2) is 30.8 Å². The average molecular weight is 229 g/mol. The maximum Gasteiger partial charge on any atom is 0.389 e. The zero-order chi connectivity index (χ0) is 11.0. The molecule has 1 unspecified atom stereocenters. The third kappa shape index (κ3) is 8.69. The highest BCUT2D eigenvalue weighted by molar-refractivity contribution is 7.99. The number of nitrogens with one attached hydrogen (secondary N) is 1. The van der Waals surface area contributed by atoms with E-state index in [1.807, 2.05) is 6.92 Å².